The zero-order valence-electron chi connectivity index (χ0n) is 15.5. The van der Waals surface area contributed by atoms with Crippen LogP contribution < -0.4 is 0 Å². The first-order valence-corrected chi connectivity index (χ1v) is 10.3. The van der Waals surface area contributed by atoms with Crippen LogP contribution in [-0.2, 0) is 17.9 Å². The molecule has 1 aliphatic carbocycles. The molecule has 28 heavy (non-hydrogen) atoms. The van der Waals surface area contributed by atoms with Gasteiger partial charge in [-0.3, -0.25) is 4.79 Å². The highest BCUT2D eigenvalue weighted by molar-refractivity contribution is 7.99. The van der Waals surface area contributed by atoms with E-state index in [-0.39, 0.29) is 11.7 Å². The molecule has 0 saturated heterocycles. The summed E-state index contributed by atoms with van der Waals surface area (Å²) >= 11 is 1.39. The van der Waals surface area contributed by atoms with Crippen LogP contribution in [0.1, 0.15) is 37.2 Å². The molecular weight excluding hydrogens is 376 g/mol. The predicted octanol–water partition coefficient (Wildman–Crippen LogP) is 4.09. The van der Waals surface area contributed by atoms with E-state index in [2.05, 4.69) is 16.3 Å². The third-order valence-corrected chi connectivity index (χ3v) is 5.59. The van der Waals surface area contributed by atoms with Crippen molar-refractivity contribution in [2.45, 2.75) is 43.9 Å². The summed E-state index contributed by atoms with van der Waals surface area (Å²) in [4.78, 5) is 14.9. The van der Waals surface area contributed by atoms with Crippen LogP contribution in [0.3, 0.4) is 0 Å². The van der Waals surface area contributed by atoms with Crippen molar-refractivity contribution < 1.29 is 13.6 Å². The normalized spacial score (nSPS) is 14.1. The van der Waals surface area contributed by atoms with Crippen LogP contribution >= 0.6 is 11.8 Å². The van der Waals surface area contributed by atoms with Crippen molar-refractivity contribution in [3.8, 4) is 0 Å². The number of thioether (sulfide) groups is 1. The Morgan fingerprint density at radius 3 is 2.71 bits per heavy atom. The Balaban J connectivity index is 1.43. The molecule has 0 fully saturated rings. The number of nitrogens with zero attached hydrogens (tertiary/aromatic N) is 4. The maximum Gasteiger partial charge on any atom is 0.237 e. The van der Waals surface area contributed by atoms with Gasteiger partial charge in [-0.15, -0.1) is 10.2 Å². The van der Waals surface area contributed by atoms with Crippen LogP contribution in [0.4, 0.5) is 0 Å². The van der Waals surface area contributed by atoms with Crippen LogP contribution in [0.15, 0.2) is 68.9 Å². The first-order valence-electron chi connectivity index (χ1n) is 9.34. The van der Waals surface area contributed by atoms with E-state index in [9.17, 15) is 4.79 Å². The number of aromatic nitrogens is 3. The van der Waals surface area contributed by atoms with E-state index in [0.717, 1.165) is 36.5 Å². The summed E-state index contributed by atoms with van der Waals surface area (Å²) in [5.74, 6) is 1.93. The van der Waals surface area contributed by atoms with Gasteiger partial charge in [0.05, 0.1) is 31.4 Å². The fourth-order valence-corrected chi connectivity index (χ4v) is 4.00. The monoisotopic (exact) mass is 398 g/mol. The highest BCUT2D eigenvalue weighted by atomic mass is 32.2. The van der Waals surface area contributed by atoms with Crippen molar-refractivity contribution >= 4 is 17.7 Å². The lowest BCUT2D eigenvalue weighted by Gasteiger charge is -2.27. The number of allylic oxidation sites excluding steroid dienone is 2. The van der Waals surface area contributed by atoms with Gasteiger partial charge in [0.25, 0.3) is 0 Å². The number of furan rings is 2. The van der Waals surface area contributed by atoms with Crippen LogP contribution in [0.2, 0.25) is 0 Å². The number of rotatable bonds is 8. The first-order chi connectivity index (χ1) is 13.8. The van der Waals surface area contributed by atoms with Gasteiger partial charge < -0.3 is 18.3 Å². The molecule has 7 nitrogen and oxygen atoms in total. The summed E-state index contributed by atoms with van der Waals surface area (Å²) in [6.45, 7) is 0.995. The summed E-state index contributed by atoms with van der Waals surface area (Å²) in [5, 5.41) is 8.82. The number of carbonyl (C=O) groups is 1. The van der Waals surface area contributed by atoms with E-state index in [1.807, 2.05) is 33.7 Å². The Bertz CT molecular complexity index is 915. The van der Waals surface area contributed by atoms with Crippen molar-refractivity contribution in [3.05, 3.63) is 66.4 Å². The third kappa shape index (κ3) is 4.56. The Morgan fingerprint density at radius 2 is 2.00 bits per heavy atom. The minimum Gasteiger partial charge on any atom is -0.467 e. The molecule has 0 spiro atoms. The van der Waals surface area contributed by atoms with Crippen LogP contribution in [0, 0.1) is 0 Å². The molecule has 8 heteroatoms. The summed E-state index contributed by atoms with van der Waals surface area (Å²) < 4.78 is 12.7. The molecule has 4 rings (SSSR count). The van der Waals surface area contributed by atoms with Crippen molar-refractivity contribution in [1.29, 1.82) is 0 Å². The van der Waals surface area contributed by atoms with E-state index in [1.165, 1.54) is 18.2 Å². The average Bonchev–Trinajstić information content (AvgIpc) is 3.49. The largest absolute Gasteiger partial charge is 0.467 e. The van der Waals surface area contributed by atoms with Crippen molar-refractivity contribution in [2.75, 3.05) is 5.75 Å². The molecule has 0 saturated carbocycles. The minimum absolute atomic E-state index is 0.0436. The molecule has 1 amide bonds. The van der Waals surface area contributed by atoms with Gasteiger partial charge in [0.2, 0.25) is 5.91 Å². The Morgan fingerprint density at radius 1 is 1.18 bits per heavy atom. The molecule has 0 aliphatic heterocycles. The SMILES string of the molecule is O=C(CSc1nncn1Cc1ccco1)N(Cc1ccco1)C1=CCCCC1. The number of hydrogen-bond donors (Lipinski definition) is 0. The van der Waals surface area contributed by atoms with E-state index in [4.69, 9.17) is 8.83 Å². The lowest BCUT2D eigenvalue weighted by molar-refractivity contribution is -0.127. The van der Waals surface area contributed by atoms with Gasteiger partial charge in [-0.1, -0.05) is 17.8 Å². The van der Waals surface area contributed by atoms with Crippen molar-refractivity contribution in [2.24, 2.45) is 0 Å². The number of hydrogen-bond acceptors (Lipinski definition) is 6. The zero-order chi connectivity index (χ0) is 19.2. The van der Waals surface area contributed by atoms with Crippen molar-refractivity contribution in [1.82, 2.24) is 19.7 Å². The predicted molar refractivity (Wildman–Crippen MR) is 104 cm³/mol. The first kappa shape index (κ1) is 18.6. The van der Waals surface area contributed by atoms with Gasteiger partial charge in [0, 0.05) is 5.70 Å². The maximum atomic E-state index is 13.0. The van der Waals surface area contributed by atoms with Crippen LogP contribution in [0.5, 0.6) is 0 Å². The molecule has 1 aliphatic rings. The van der Waals surface area contributed by atoms with Crippen LogP contribution in [-0.4, -0.2) is 31.3 Å². The quantitative estimate of drug-likeness (QED) is 0.532. The topological polar surface area (TPSA) is 77.3 Å². The van der Waals surface area contributed by atoms with E-state index >= 15 is 0 Å². The average molecular weight is 398 g/mol. The van der Waals surface area contributed by atoms with Gasteiger partial charge in [0.1, 0.15) is 17.8 Å². The number of amides is 1. The lowest BCUT2D eigenvalue weighted by Crippen LogP contribution is -2.32. The molecule has 0 radical (unpaired) electrons. The fourth-order valence-electron chi connectivity index (χ4n) is 3.21. The Hall–Kier alpha value is -2.74. The van der Waals surface area contributed by atoms with Gasteiger partial charge in [-0.2, -0.15) is 0 Å². The van der Waals surface area contributed by atoms with Gasteiger partial charge in [-0.05, 0) is 49.9 Å². The lowest BCUT2D eigenvalue weighted by atomic mass is 10.0. The van der Waals surface area contributed by atoms with Gasteiger partial charge in [0.15, 0.2) is 5.16 Å². The standard InChI is InChI=1S/C20H22N4O3S/c25-19(14-28-20-22-21-15-23(20)12-17-8-4-10-26-17)24(13-18-9-5-11-27-18)16-6-2-1-3-7-16/h4-6,8-11,15H,1-3,7,12-14H2. The van der Waals surface area contributed by atoms with Gasteiger partial charge in [-0.25, -0.2) is 0 Å². The molecule has 0 aromatic carbocycles. The van der Waals surface area contributed by atoms with Crippen LogP contribution in [0.25, 0.3) is 0 Å². The molecule has 3 aromatic rings. The summed E-state index contributed by atoms with van der Waals surface area (Å²) in [5.41, 5.74) is 1.09. The summed E-state index contributed by atoms with van der Waals surface area (Å²) in [6, 6.07) is 7.50. The third-order valence-electron chi connectivity index (χ3n) is 4.62. The minimum atomic E-state index is 0.0436. The summed E-state index contributed by atoms with van der Waals surface area (Å²) in [7, 11) is 0. The zero-order valence-corrected chi connectivity index (χ0v) is 16.3. The smallest absolute Gasteiger partial charge is 0.237 e. The molecule has 0 bridgehead atoms. The highest BCUT2D eigenvalue weighted by Gasteiger charge is 2.22. The molecule has 0 unspecified atom stereocenters. The molecular formula is C20H22N4O3S. The molecule has 3 aromatic heterocycles. The van der Waals surface area contributed by atoms with E-state index < -0.39 is 0 Å². The maximum absolute atomic E-state index is 13.0. The molecule has 146 valence electrons. The highest BCUT2D eigenvalue weighted by Crippen LogP contribution is 2.25. The second-order valence-electron chi connectivity index (χ2n) is 6.61. The molecule has 0 N–H and O–H groups in total. The van der Waals surface area contributed by atoms with E-state index in [0.29, 0.717) is 18.2 Å². The van der Waals surface area contributed by atoms with Gasteiger partial charge >= 0.3 is 0 Å². The van der Waals surface area contributed by atoms with E-state index in [1.54, 1.807) is 18.9 Å². The molecule has 3 heterocycles. The fraction of sp³-hybridized carbons (Fsp3) is 0.350. The second-order valence-corrected chi connectivity index (χ2v) is 7.55. The Kier molecular flexibility index (Phi) is 5.96. The number of carbonyl (C=O) groups excluding carboxylic acids is 1. The Labute approximate surface area is 167 Å². The second kappa shape index (κ2) is 8.97. The van der Waals surface area contributed by atoms with Crippen molar-refractivity contribution in [3.63, 3.8) is 0 Å². The molecule has 0 atom stereocenters. The summed E-state index contributed by atoms with van der Waals surface area (Å²) in [6.07, 6.45) is 11.3.